The SMILES string of the molecule is COCCCCC(=O)N1CC(C)C1. The Hall–Kier alpha value is -0.570. The second-order valence-corrected chi connectivity index (χ2v) is 3.85. The molecule has 0 unspecified atom stereocenters. The van der Waals surface area contributed by atoms with Gasteiger partial charge in [-0.1, -0.05) is 6.92 Å². The molecule has 0 saturated carbocycles. The molecule has 3 heteroatoms. The lowest BCUT2D eigenvalue weighted by atomic mass is 10.0. The van der Waals surface area contributed by atoms with Crippen LogP contribution in [0.5, 0.6) is 0 Å². The molecule has 1 heterocycles. The number of amides is 1. The number of ether oxygens (including phenoxy) is 1. The van der Waals surface area contributed by atoms with Gasteiger partial charge in [0.15, 0.2) is 0 Å². The minimum Gasteiger partial charge on any atom is -0.385 e. The summed E-state index contributed by atoms with van der Waals surface area (Å²) in [5.41, 5.74) is 0. The molecular formula is C10H19NO2. The van der Waals surface area contributed by atoms with Crippen molar-refractivity contribution in [3.63, 3.8) is 0 Å². The van der Waals surface area contributed by atoms with E-state index in [0.717, 1.165) is 32.5 Å². The molecule has 1 fully saturated rings. The molecule has 1 saturated heterocycles. The van der Waals surface area contributed by atoms with E-state index in [4.69, 9.17) is 4.74 Å². The number of nitrogens with zero attached hydrogens (tertiary/aromatic N) is 1. The maximum absolute atomic E-state index is 11.4. The third-order valence-electron chi connectivity index (χ3n) is 2.41. The third-order valence-corrected chi connectivity index (χ3v) is 2.41. The van der Waals surface area contributed by atoms with Crippen LogP contribution in [-0.2, 0) is 9.53 Å². The standard InChI is InChI=1S/C10H19NO2/c1-9-7-11(8-9)10(12)5-3-4-6-13-2/h9H,3-8H2,1-2H3. The number of carbonyl (C=O) groups excluding carboxylic acids is 1. The van der Waals surface area contributed by atoms with Gasteiger partial charge in [0, 0.05) is 33.2 Å². The Morgan fingerprint density at radius 1 is 1.46 bits per heavy atom. The molecular weight excluding hydrogens is 166 g/mol. The molecule has 0 spiro atoms. The second kappa shape index (κ2) is 5.22. The minimum atomic E-state index is 0.314. The number of methoxy groups -OCH3 is 1. The molecule has 1 aliphatic rings. The van der Waals surface area contributed by atoms with Gasteiger partial charge in [-0.15, -0.1) is 0 Å². The molecule has 0 radical (unpaired) electrons. The first kappa shape index (κ1) is 10.5. The maximum Gasteiger partial charge on any atom is 0.222 e. The summed E-state index contributed by atoms with van der Waals surface area (Å²) in [6, 6.07) is 0. The molecule has 1 aliphatic heterocycles. The summed E-state index contributed by atoms with van der Waals surface area (Å²) < 4.78 is 4.92. The van der Waals surface area contributed by atoms with Crippen molar-refractivity contribution < 1.29 is 9.53 Å². The molecule has 0 N–H and O–H groups in total. The molecule has 0 atom stereocenters. The molecule has 13 heavy (non-hydrogen) atoms. The highest BCUT2D eigenvalue weighted by Gasteiger charge is 2.25. The first-order valence-corrected chi connectivity index (χ1v) is 5.00. The average molecular weight is 185 g/mol. The van der Waals surface area contributed by atoms with E-state index < -0.39 is 0 Å². The Labute approximate surface area is 80.1 Å². The third kappa shape index (κ3) is 3.35. The van der Waals surface area contributed by atoms with Gasteiger partial charge in [0.2, 0.25) is 5.91 Å². The summed E-state index contributed by atoms with van der Waals surface area (Å²) in [4.78, 5) is 13.4. The Balaban J connectivity index is 1.99. The highest BCUT2D eigenvalue weighted by molar-refractivity contribution is 5.76. The number of likely N-dealkylation sites (tertiary alicyclic amines) is 1. The van der Waals surface area contributed by atoms with Gasteiger partial charge in [-0.3, -0.25) is 4.79 Å². The lowest BCUT2D eigenvalue weighted by Gasteiger charge is -2.37. The van der Waals surface area contributed by atoms with Crippen LogP contribution in [0.4, 0.5) is 0 Å². The Morgan fingerprint density at radius 3 is 2.69 bits per heavy atom. The largest absolute Gasteiger partial charge is 0.385 e. The number of rotatable bonds is 5. The van der Waals surface area contributed by atoms with Gasteiger partial charge in [0.1, 0.15) is 0 Å². The Kier molecular flexibility index (Phi) is 4.22. The van der Waals surface area contributed by atoms with Crippen LogP contribution in [0.3, 0.4) is 0 Å². The molecule has 3 nitrogen and oxygen atoms in total. The number of hydrogen-bond acceptors (Lipinski definition) is 2. The van der Waals surface area contributed by atoms with Gasteiger partial charge in [0.25, 0.3) is 0 Å². The fourth-order valence-electron chi connectivity index (χ4n) is 1.58. The summed E-state index contributed by atoms with van der Waals surface area (Å²) in [7, 11) is 1.69. The van der Waals surface area contributed by atoms with Crippen LogP contribution in [0.1, 0.15) is 26.2 Å². The van der Waals surface area contributed by atoms with Crippen LogP contribution in [0, 0.1) is 5.92 Å². The molecule has 76 valence electrons. The first-order chi connectivity index (χ1) is 6.24. The molecule has 0 aromatic rings. The fourth-order valence-corrected chi connectivity index (χ4v) is 1.58. The molecule has 0 bridgehead atoms. The van der Waals surface area contributed by atoms with Gasteiger partial charge in [-0.25, -0.2) is 0 Å². The predicted octanol–water partition coefficient (Wildman–Crippen LogP) is 1.28. The van der Waals surface area contributed by atoms with E-state index in [2.05, 4.69) is 6.92 Å². The van der Waals surface area contributed by atoms with E-state index in [9.17, 15) is 4.79 Å². The molecule has 0 aliphatic carbocycles. The highest BCUT2D eigenvalue weighted by atomic mass is 16.5. The second-order valence-electron chi connectivity index (χ2n) is 3.85. The van der Waals surface area contributed by atoms with Gasteiger partial charge in [-0.05, 0) is 18.8 Å². The van der Waals surface area contributed by atoms with Crippen molar-refractivity contribution in [3.05, 3.63) is 0 Å². The van der Waals surface area contributed by atoms with Crippen LogP contribution >= 0.6 is 0 Å². The van der Waals surface area contributed by atoms with E-state index in [1.54, 1.807) is 7.11 Å². The summed E-state index contributed by atoms with van der Waals surface area (Å²) in [5, 5.41) is 0. The van der Waals surface area contributed by atoms with Crippen LogP contribution in [0.15, 0.2) is 0 Å². The molecule has 1 amide bonds. The van der Waals surface area contributed by atoms with Crippen molar-refractivity contribution in [1.82, 2.24) is 4.90 Å². The van der Waals surface area contributed by atoms with Crippen LogP contribution in [-0.4, -0.2) is 37.6 Å². The minimum absolute atomic E-state index is 0.314. The Morgan fingerprint density at radius 2 is 2.15 bits per heavy atom. The lowest BCUT2D eigenvalue weighted by molar-refractivity contribution is -0.137. The van der Waals surface area contributed by atoms with Gasteiger partial charge in [-0.2, -0.15) is 0 Å². The van der Waals surface area contributed by atoms with Crippen molar-refractivity contribution in [2.45, 2.75) is 26.2 Å². The summed E-state index contributed by atoms with van der Waals surface area (Å²) in [6.45, 7) is 4.87. The summed E-state index contributed by atoms with van der Waals surface area (Å²) in [5.74, 6) is 1.03. The summed E-state index contributed by atoms with van der Waals surface area (Å²) in [6.07, 6.45) is 2.64. The number of unbranched alkanes of at least 4 members (excludes halogenated alkanes) is 1. The van der Waals surface area contributed by atoms with Crippen molar-refractivity contribution in [2.75, 3.05) is 26.8 Å². The number of hydrogen-bond donors (Lipinski definition) is 0. The predicted molar refractivity (Wildman–Crippen MR) is 51.5 cm³/mol. The monoisotopic (exact) mass is 185 g/mol. The lowest BCUT2D eigenvalue weighted by Crippen LogP contribution is -2.48. The quantitative estimate of drug-likeness (QED) is 0.604. The maximum atomic E-state index is 11.4. The molecule has 0 aromatic carbocycles. The van der Waals surface area contributed by atoms with Crippen molar-refractivity contribution >= 4 is 5.91 Å². The van der Waals surface area contributed by atoms with Gasteiger partial charge in [0.05, 0.1) is 0 Å². The first-order valence-electron chi connectivity index (χ1n) is 5.00. The van der Waals surface area contributed by atoms with E-state index in [1.807, 2.05) is 4.90 Å². The van der Waals surface area contributed by atoms with Crippen LogP contribution in [0.2, 0.25) is 0 Å². The van der Waals surface area contributed by atoms with E-state index in [-0.39, 0.29) is 0 Å². The van der Waals surface area contributed by atoms with Crippen LogP contribution < -0.4 is 0 Å². The normalized spacial score (nSPS) is 17.2. The topological polar surface area (TPSA) is 29.5 Å². The highest BCUT2D eigenvalue weighted by Crippen LogP contribution is 2.15. The summed E-state index contributed by atoms with van der Waals surface area (Å²) >= 11 is 0. The number of carbonyl (C=O) groups is 1. The van der Waals surface area contributed by atoms with E-state index >= 15 is 0 Å². The van der Waals surface area contributed by atoms with E-state index in [0.29, 0.717) is 18.2 Å². The van der Waals surface area contributed by atoms with Crippen molar-refractivity contribution in [1.29, 1.82) is 0 Å². The average Bonchev–Trinajstić information content (AvgIpc) is 2.07. The van der Waals surface area contributed by atoms with Gasteiger partial charge < -0.3 is 9.64 Å². The Bertz CT molecular complexity index is 164. The van der Waals surface area contributed by atoms with Gasteiger partial charge >= 0.3 is 0 Å². The van der Waals surface area contributed by atoms with Crippen molar-refractivity contribution in [2.24, 2.45) is 5.92 Å². The van der Waals surface area contributed by atoms with Crippen LogP contribution in [0.25, 0.3) is 0 Å². The zero-order valence-electron chi connectivity index (χ0n) is 8.58. The molecule has 0 aromatic heterocycles. The van der Waals surface area contributed by atoms with E-state index in [1.165, 1.54) is 0 Å². The smallest absolute Gasteiger partial charge is 0.222 e. The van der Waals surface area contributed by atoms with Crippen molar-refractivity contribution in [3.8, 4) is 0 Å². The fraction of sp³-hybridized carbons (Fsp3) is 0.900. The zero-order chi connectivity index (χ0) is 9.68. The molecule has 1 rings (SSSR count). The zero-order valence-corrected chi connectivity index (χ0v) is 8.58.